The molecule has 3 aromatic rings. The number of anilines is 4. The van der Waals surface area contributed by atoms with Crippen LogP contribution in [0, 0.1) is 20.8 Å². The molecule has 2 aromatic heterocycles. The number of rotatable bonds is 4. The van der Waals surface area contributed by atoms with Crippen LogP contribution in [0.2, 0.25) is 5.02 Å². The standard InChI is InChI=1S/C16H16ClN5O/c1-9-6-12(17)4-5-13(9)20-14-8-15(19-11(3)18-14)21-16-7-10(2)23-22-16/h4-8H,1-3H3,(H2,18,19,20,21,22). The normalized spacial score (nSPS) is 10.6. The summed E-state index contributed by atoms with van der Waals surface area (Å²) in [6.45, 7) is 5.65. The van der Waals surface area contributed by atoms with E-state index in [9.17, 15) is 0 Å². The summed E-state index contributed by atoms with van der Waals surface area (Å²) in [5, 5.41) is 11.0. The molecule has 0 aliphatic carbocycles. The zero-order valence-electron chi connectivity index (χ0n) is 13.0. The van der Waals surface area contributed by atoms with Crippen molar-refractivity contribution in [1.29, 1.82) is 0 Å². The van der Waals surface area contributed by atoms with Crippen molar-refractivity contribution in [3.05, 3.63) is 52.5 Å². The van der Waals surface area contributed by atoms with Gasteiger partial charge in [-0.1, -0.05) is 16.8 Å². The highest BCUT2D eigenvalue weighted by atomic mass is 35.5. The molecule has 0 bridgehead atoms. The summed E-state index contributed by atoms with van der Waals surface area (Å²) >= 11 is 5.98. The summed E-state index contributed by atoms with van der Waals surface area (Å²) in [7, 11) is 0. The van der Waals surface area contributed by atoms with Gasteiger partial charge >= 0.3 is 0 Å². The van der Waals surface area contributed by atoms with Gasteiger partial charge < -0.3 is 15.2 Å². The zero-order chi connectivity index (χ0) is 16.4. The first-order valence-corrected chi connectivity index (χ1v) is 7.46. The molecule has 0 saturated heterocycles. The third-order valence-corrected chi connectivity index (χ3v) is 3.41. The third kappa shape index (κ3) is 3.78. The first-order chi connectivity index (χ1) is 11.0. The van der Waals surface area contributed by atoms with E-state index in [1.54, 1.807) is 6.07 Å². The van der Waals surface area contributed by atoms with E-state index in [0.717, 1.165) is 17.0 Å². The van der Waals surface area contributed by atoms with Crippen LogP contribution in [-0.2, 0) is 0 Å². The van der Waals surface area contributed by atoms with E-state index in [1.807, 2.05) is 45.0 Å². The molecule has 0 fully saturated rings. The van der Waals surface area contributed by atoms with Crippen molar-refractivity contribution in [2.24, 2.45) is 0 Å². The minimum Gasteiger partial charge on any atom is -0.360 e. The van der Waals surface area contributed by atoms with Crippen molar-refractivity contribution >= 4 is 34.7 Å². The molecule has 6 nitrogen and oxygen atoms in total. The average Bonchev–Trinajstić information content (AvgIpc) is 2.86. The Balaban J connectivity index is 1.85. The number of nitrogens with zero attached hydrogens (tertiary/aromatic N) is 3. The lowest BCUT2D eigenvalue weighted by atomic mass is 10.2. The first-order valence-electron chi connectivity index (χ1n) is 7.09. The van der Waals surface area contributed by atoms with Gasteiger partial charge in [0.15, 0.2) is 5.82 Å². The Morgan fingerprint density at radius 3 is 2.30 bits per heavy atom. The van der Waals surface area contributed by atoms with Crippen molar-refractivity contribution in [3.8, 4) is 0 Å². The molecular weight excluding hydrogens is 314 g/mol. The molecule has 2 N–H and O–H groups in total. The molecule has 0 aliphatic heterocycles. The lowest BCUT2D eigenvalue weighted by molar-refractivity contribution is 0.400. The topological polar surface area (TPSA) is 75.9 Å². The number of aryl methyl sites for hydroxylation is 3. The fourth-order valence-electron chi connectivity index (χ4n) is 2.16. The fraction of sp³-hybridized carbons (Fsp3) is 0.188. The molecule has 118 valence electrons. The number of hydrogen-bond acceptors (Lipinski definition) is 6. The van der Waals surface area contributed by atoms with E-state index < -0.39 is 0 Å². The molecule has 0 aliphatic rings. The van der Waals surface area contributed by atoms with Crippen LogP contribution in [-0.4, -0.2) is 15.1 Å². The van der Waals surface area contributed by atoms with E-state index >= 15 is 0 Å². The molecule has 0 unspecified atom stereocenters. The highest BCUT2D eigenvalue weighted by molar-refractivity contribution is 6.30. The highest BCUT2D eigenvalue weighted by Crippen LogP contribution is 2.24. The zero-order valence-corrected chi connectivity index (χ0v) is 13.8. The molecule has 23 heavy (non-hydrogen) atoms. The van der Waals surface area contributed by atoms with Crippen LogP contribution in [0.1, 0.15) is 17.1 Å². The molecule has 2 heterocycles. The van der Waals surface area contributed by atoms with Gasteiger partial charge in [-0.3, -0.25) is 0 Å². The SMILES string of the molecule is Cc1nc(Nc2cc(C)on2)cc(Nc2ccc(Cl)cc2C)n1. The predicted octanol–water partition coefficient (Wildman–Crippen LogP) is 4.53. The molecular formula is C16H16ClN5O. The lowest BCUT2D eigenvalue weighted by Crippen LogP contribution is -2.02. The summed E-state index contributed by atoms with van der Waals surface area (Å²) < 4.78 is 5.04. The Morgan fingerprint density at radius 2 is 1.65 bits per heavy atom. The fourth-order valence-corrected chi connectivity index (χ4v) is 2.38. The van der Waals surface area contributed by atoms with E-state index in [2.05, 4.69) is 25.8 Å². The minimum atomic E-state index is 0.606. The van der Waals surface area contributed by atoms with E-state index in [0.29, 0.717) is 28.3 Å². The van der Waals surface area contributed by atoms with Gasteiger partial charge in [0.05, 0.1) is 0 Å². The van der Waals surface area contributed by atoms with Crippen LogP contribution >= 0.6 is 11.6 Å². The van der Waals surface area contributed by atoms with Gasteiger partial charge in [-0.05, 0) is 44.5 Å². The van der Waals surface area contributed by atoms with E-state index in [4.69, 9.17) is 16.1 Å². The summed E-state index contributed by atoms with van der Waals surface area (Å²) in [6, 6.07) is 9.26. The van der Waals surface area contributed by atoms with Gasteiger partial charge in [0.2, 0.25) is 0 Å². The van der Waals surface area contributed by atoms with Gasteiger partial charge in [0.25, 0.3) is 0 Å². The van der Waals surface area contributed by atoms with Crippen molar-refractivity contribution in [1.82, 2.24) is 15.1 Å². The van der Waals surface area contributed by atoms with Gasteiger partial charge in [0, 0.05) is 22.8 Å². The largest absolute Gasteiger partial charge is 0.360 e. The number of benzene rings is 1. The van der Waals surface area contributed by atoms with Gasteiger partial charge in [-0.15, -0.1) is 0 Å². The monoisotopic (exact) mass is 329 g/mol. The molecule has 0 saturated carbocycles. The second kappa shape index (κ2) is 6.26. The Labute approximate surface area is 138 Å². The summed E-state index contributed by atoms with van der Waals surface area (Å²) in [6.07, 6.45) is 0. The summed E-state index contributed by atoms with van der Waals surface area (Å²) in [4.78, 5) is 8.75. The second-order valence-electron chi connectivity index (χ2n) is 5.22. The lowest BCUT2D eigenvalue weighted by Gasteiger charge is -2.11. The van der Waals surface area contributed by atoms with Crippen LogP contribution in [0.25, 0.3) is 0 Å². The third-order valence-electron chi connectivity index (χ3n) is 3.17. The Kier molecular flexibility index (Phi) is 4.16. The van der Waals surface area contributed by atoms with Crippen LogP contribution in [0.5, 0.6) is 0 Å². The van der Waals surface area contributed by atoms with Gasteiger partial charge in [-0.2, -0.15) is 0 Å². The average molecular weight is 330 g/mol. The maximum Gasteiger partial charge on any atom is 0.175 e. The first kappa shape index (κ1) is 15.3. The van der Waals surface area contributed by atoms with Crippen molar-refractivity contribution in [2.45, 2.75) is 20.8 Å². The van der Waals surface area contributed by atoms with Gasteiger partial charge in [-0.25, -0.2) is 9.97 Å². The number of hydrogen-bond donors (Lipinski definition) is 2. The quantitative estimate of drug-likeness (QED) is 0.732. The van der Waals surface area contributed by atoms with Crippen LogP contribution < -0.4 is 10.6 Å². The van der Waals surface area contributed by atoms with E-state index in [1.165, 1.54) is 0 Å². The smallest absolute Gasteiger partial charge is 0.175 e. The number of nitrogens with one attached hydrogen (secondary N) is 2. The van der Waals surface area contributed by atoms with Crippen molar-refractivity contribution in [3.63, 3.8) is 0 Å². The molecule has 0 atom stereocenters. The number of halogens is 1. The minimum absolute atomic E-state index is 0.606. The van der Waals surface area contributed by atoms with E-state index in [-0.39, 0.29) is 0 Å². The summed E-state index contributed by atoms with van der Waals surface area (Å²) in [5.74, 6) is 3.30. The highest BCUT2D eigenvalue weighted by Gasteiger charge is 2.07. The summed E-state index contributed by atoms with van der Waals surface area (Å²) in [5.41, 5.74) is 1.98. The Hall–Kier alpha value is -2.60. The Bertz CT molecular complexity index is 846. The number of aromatic nitrogens is 3. The molecule has 1 aromatic carbocycles. The predicted molar refractivity (Wildman–Crippen MR) is 90.8 cm³/mol. The second-order valence-corrected chi connectivity index (χ2v) is 5.65. The maximum atomic E-state index is 5.98. The van der Waals surface area contributed by atoms with Crippen LogP contribution in [0.3, 0.4) is 0 Å². The van der Waals surface area contributed by atoms with Crippen LogP contribution in [0.15, 0.2) is 34.9 Å². The van der Waals surface area contributed by atoms with Crippen LogP contribution in [0.4, 0.5) is 23.1 Å². The molecule has 0 spiro atoms. The van der Waals surface area contributed by atoms with Crippen molar-refractivity contribution in [2.75, 3.05) is 10.6 Å². The maximum absolute atomic E-state index is 5.98. The molecule has 0 amide bonds. The Morgan fingerprint density at radius 1 is 0.913 bits per heavy atom. The molecule has 7 heteroatoms. The molecule has 3 rings (SSSR count). The molecule has 0 radical (unpaired) electrons. The van der Waals surface area contributed by atoms with Crippen molar-refractivity contribution < 1.29 is 4.52 Å². The van der Waals surface area contributed by atoms with Gasteiger partial charge in [0.1, 0.15) is 23.2 Å².